The van der Waals surface area contributed by atoms with Crippen LogP contribution in [0.15, 0.2) is 36.4 Å². The number of ether oxygens (including phenoxy) is 2. The van der Waals surface area contributed by atoms with E-state index in [9.17, 15) is 28.8 Å². The minimum absolute atomic E-state index is 0.00643. The first-order chi connectivity index (χ1) is 16.0. The fourth-order valence-corrected chi connectivity index (χ4v) is 4.15. The largest absolute Gasteiger partial charge is 0.426 e. The molecular formula is C26H18O8. The summed E-state index contributed by atoms with van der Waals surface area (Å²) in [6.45, 7) is 5.55. The number of benzene rings is 2. The molecule has 0 heterocycles. The first-order valence-corrected chi connectivity index (χ1v) is 10.3. The summed E-state index contributed by atoms with van der Waals surface area (Å²) in [5.74, 6) is -3.94. The number of hydrogen-bond donors (Lipinski definition) is 0. The van der Waals surface area contributed by atoms with Crippen molar-refractivity contribution in [3.8, 4) is 11.5 Å². The summed E-state index contributed by atoms with van der Waals surface area (Å²) >= 11 is 0. The standard InChI is InChI=1S/C26H18O8/c1-11-7-16-23(21(8-11)33-13(3)27)20(31)10-17(25(16)32)22-12(2)9-15-18(29)5-6-19(30)24(15)26(22)34-14(4)28/h5-10H,1-4H3. The molecule has 0 N–H and O–H groups in total. The summed E-state index contributed by atoms with van der Waals surface area (Å²) in [5, 5.41) is 0. The Morgan fingerprint density at radius 2 is 1.35 bits per heavy atom. The number of carbonyl (C=O) groups is 6. The number of esters is 2. The predicted molar refractivity (Wildman–Crippen MR) is 119 cm³/mol. The number of aryl methyl sites for hydroxylation is 2. The van der Waals surface area contributed by atoms with Crippen molar-refractivity contribution < 1.29 is 38.2 Å². The fraction of sp³-hybridized carbons (Fsp3) is 0.154. The Hall–Kier alpha value is -4.46. The molecule has 8 nitrogen and oxygen atoms in total. The van der Waals surface area contributed by atoms with Crippen molar-refractivity contribution in [2.45, 2.75) is 27.7 Å². The first kappa shape index (κ1) is 22.7. The van der Waals surface area contributed by atoms with Crippen molar-refractivity contribution in [3.05, 3.63) is 75.4 Å². The van der Waals surface area contributed by atoms with Crippen LogP contribution in [0.5, 0.6) is 11.5 Å². The summed E-state index contributed by atoms with van der Waals surface area (Å²) in [7, 11) is 0. The van der Waals surface area contributed by atoms with E-state index in [0.717, 1.165) is 25.2 Å². The van der Waals surface area contributed by atoms with Gasteiger partial charge in [0, 0.05) is 36.1 Å². The number of rotatable bonds is 3. The summed E-state index contributed by atoms with van der Waals surface area (Å²) in [6.07, 6.45) is 3.23. The first-order valence-electron chi connectivity index (χ1n) is 10.3. The number of fused-ring (bicyclic) bond motifs is 2. The molecule has 0 fully saturated rings. The normalized spacial score (nSPS) is 14.4. The second kappa shape index (κ2) is 8.15. The predicted octanol–water partition coefficient (Wildman–Crippen LogP) is 3.55. The summed E-state index contributed by atoms with van der Waals surface area (Å²) < 4.78 is 10.5. The lowest BCUT2D eigenvalue weighted by molar-refractivity contribution is -0.132. The Kier molecular flexibility index (Phi) is 5.45. The number of carbonyl (C=O) groups excluding carboxylic acids is 6. The van der Waals surface area contributed by atoms with Crippen LogP contribution in [0.3, 0.4) is 0 Å². The van der Waals surface area contributed by atoms with Crippen LogP contribution < -0.4 is 9.47 Å². The Bertz CT molecular complexity index is 1440. The third-order valence-corrected chi connectivity index (χ3v) is 5.40. The van der Waals surface area contributed by atoms with E-state index in [1.807, 2.05) is 0 Å². The lowest BCUT2D eigenvalue weighted by Crippen LogP contribution is -2.22. The molecule has 2 aromatic rings. The minimum Gasteiger partial charge on any atom is -0.426 e. The lowest BCUT2D eigenvalue weighted by atomic mass is 9.80. The van der Waals surface area contributed by atoms with Gasteiger partial charge in [0.1, 0.15) is 5.75 Å². The van der Waals surface area contributed by atoms with Crippen LogP contribution in [0.2, 0.25) is 0 Å². The molecule has 0 radical (unpaired) electrons. The van der Waals surface area contributed by atoms with E-state index in [1.54, 1.807) is 13.8 Å². The smallest absolute Gasteiger partial charge is 0.308 e. The lowest BCUT2D eigenvalue weighted by Gasteiger charge is -2.23. The number of Topliss-reactive ketones (excluding diaryl/α,β-unsaturated/α-hetero) is 1. The molecule has 0 saturated heterocycles. The molecular weight excluding hydrogens is 440 g/mol. The monoisotopic (exact) mass is 458 g/mol. The number of hydrogen-bond acceptors (Lipinski definition) is 8. The molecule has 8 heteroatoms. The highest BCUT2D eigenvalue weighted by Crippen LogP contribution is 2.42. The number of allylic oxidation sites excluding steroid dienone is 4. The van der Waals surface area contributed by atoms with Crippen LogP contribution in [0.1, 0.15) is 72.0 Å². The molecule has 0 aliphatic heterocycles. The zero-order chi connectivity index (χ0) is 24.9. The Labute approximate surface area is 193 Å². The van der Waals surface area contributed by atoms with E-state index in [1.165, 1.54) is 25.1 Å². The third-order valence-electron chi connectivity index (χ3n) is 5.40. The molecule has 0 aromatic heterocycles. The highest BCUT2D eigenvalue weighted by molar-refractivity contribution is 6.40. The molecule has 170 valence electrons. The topological polar surface area (TPSA) is 121 Å². The molecule has 0 unspecified atom stereocenters. The second-order valence-corrected chi connectivity index (χ2v) is 8.01. The molecule has 4 rings (SSSR count). The summed E-state index contributed by atoms with van der Waals surface area (Å²) in [6, 6.07) is 4.40. The van der Waals surface area contributed by atoms with Crippen molar-refractivity contribution in [2.24, 2.45) is 0 Å². The van der Waals surface area contributed by atoms with Crippen molar-refractivity contribution >= 4 is 40.6 Å². The van der Waals surface area contributed by atoms with E-state index in [2.05, 4.69) is 0 Å². The van der Waals surface area contributed by atoms with Crippen LogP contribution in [0.4, 0.5) is 0 Å². The van der Waals surface area contributed by atoms with E-state index in [0.29, 0.717) is 11.1 Å². The SMILES string of the molecule is CC(=O)Oc1cc(C)cc2c1C(=O)C=C(c1c(C)cc3c(c1OC(C)=O)C(=O)C=CC3=O)C2=O. The van der Waals surface area contributed by atoms with Crippen molar-refractivity contribution in [1.82, 2.24) is 0 Å². The van der Waals surface area contributed by atoms with Gasteiger partial charge in [0.25, 0.3) is 0 Å². The maximum absolute atomic E-state index is 13.6. The molecule has 0 atom stereocenters. The highest BCUT2D eigenvalue weighted by atomic mass is 16.5. The molecule has 0 spiro atoms. The maximum atomic E-state index is 13.6. The molecule has 0 saturated carbocycles. The van der Waals surface area contributed by atoms with Gasteiger partial charge in [-0.3, -0.25) is 28.8 Å². The van der Waals surface area contributed by atoms with Crippen LogP contribution >= 0.6 is 0 Å². The zero-order valence-electron chi connectivity index (χ0n) is 18.7. The Morgan fingerprint density at radius 3 is 2.00 bits per heavy atom. The minimum atomic E-state index is -0.771. The average molecular weight is 458 g/mol. The van der Waals surface area contributed by atoms with E-state index >= 15 is 0 Å². The number of ketones is 4. The van der Waals surface area contributed by atoms with Crippen LogP contribution in [-0.4, -0.2) is 35.1 Å². The van der Waals surface area contributed by atoms with Gasteiger partial charge in [-0.15, -0.1) is 0 Å². The molecule has 0 bridgehead atoms. The van der Waals surface area contributed by atoms with Crippen LogP contribution in [0.25, 0.3) is 5.57 Å². The van der Waals surface area contributed by atoms with Gasteiger partial charge in [-0.05, 0) is 61.4 Å². The molecule has 0 amide bonds. The summed E-state index contributed by atoms with van der Waals surface area (Å²) in [4.78, 5) is 75.2. The van der Waals surface area contributed by atoms with Crippen molar-refractivity contribution in [3.63, 3.8) is 0 Å². The summed E-state index contributed by atoms with van der Waals surface area (Å²) in [5.41, 5.74) is 0.711. The van der Waals surface area contributed by atoms with Crippen LogP contribution in [0, 0.1) is 13.8 Å². The fourth-order valence-electron chi connectivity index (χ4n) is 4.15. The molecule has 2 aromatic carbocycles. The highest BCUT2D eigenvalue weighted by Gasteiger charge is 2.35. The van der Waals surface area contributed by atoms with Crippen molar-refractivity contribution in [2.75, 3.05) is 0 Å². The second-order valence-electron chi connectivity index (χ2n) is 8.01. The Morgan fingerprint density at radius 1 is 0.706 bits per heavy atom. The van der Waals surface area contributed by atoms with Gasteiger partial charge in [-0.2, -0.15) is 0 Å². The maximum Gasteiger partial charge on any atom is 0.308 e. The average Bonchev–Trinajstić information content (AvgIpc) is 2.72. The zero-order valence-corrected chi connectivity index (χ0v) is 18.7. The van der Waals surface area contributed by atoms with Gasteiger partial charge in [-0.25, -0.2) is 0 Å². The van der Waals surface area contributed by atoms with Gasteiger partial charge < -0.3 is 9.47 Å². The van der Waals surface area contributed by atoms with Gasteiger partial charge in [0.15, 0.2) is 28.9 Å². The Balaban J connectivity index is 2.00. The van der Waals surface area contributed by atoms with E-state index in [-0.39, 0.29) is 44.9 Å². The molecule has 34 heavy (non-hydrogen) atoms. The third kappa shape index (κ3) is 3.69. The van der Waals surface area contributed by atoms with Gasteiger partial charge in [-0.1, -0.05) is 0 Å². The van der Waals surface area contributed by atoms with Gasteiger partial charge in [0.05, 0.1) is 11.1 Å². The van der Waals surface area contributed by atoms with Gasteiger partial charge in [0.2, 0.25) is 0 Å². The quantitative estimate of drug-likeness (QED) is 0.506. The van der Waals surface area contributed by atoms with E-state index in [4.69, 9.17) is 9.47 Å². The van der Waals surface area contributed by atoms with Gasteiger partial charge >= 0.3 is 11.9 Å². The van der Waals surface area contributed by atoms with E-state index < -0.39 is 35.1 Å². The van der Waals surface area contributed by atoms with Crippen LogP contribution in [-0.2, 0) is 9.59 Å². The van der Waals surface area contributed by atoms with Crippen molar-refractivity contribution in [1.29, 1.82) is 0 Å². The molecule has 2 aliphatic carbocycles. The molecule has 2 aliphatic rings.